The van der Waals surface area contributed by atoms with Crippen molar-refractivity contribution < 1.29 is 9.90 Å². The molecule has 0 atom stereocenters. The van der Waals surface area contributed by atoms with Crippen molar-refractivity contribution in [1.82, 2.24) is 9.88 Å². The van der Waals surface area contributed by atoms with Crippen LogP contribution in [0.4, 0.5) is 0 Å². The SMILES string of the molecule is O=C(Cc1ccccn1)N1CCC(CO)CC1. The highest BCUT2D eigenvalue weighted by Gasteiger charge is 2.22. The van der Waals surface area contributed by atoms with Crippen molar-refractivity contribution in [3.8, 4) is 0 Å². The zero-order valence-electron chi connectivity index (χ0n) is 9.88. The van der Waals surface area contributed by atoms with Crippen LogP contribution in [0.2, 0.25) is 0 Å². The summed E-state index contributed by atoms with van der Waals surface area (Å²) in [4.78, 5) is 18.0. The molecule has 4 nitrogen and oxygen atoms in total. The van der Waals surface area contributed by atoms with Gasteiger partial charge < -0.3 is 10.0 Å². The number of carbonyl (C=O) groups is 1. The van der Waals surface area contributed by atoms with Gasteiger partial charge in [-0.15, -0.1) is 0 Å². The molecule has 0 radical (unpaired) electrons. The summed E-state index contributed by atoms with van der Waals surface area (Å²) in [5, 5.41) is 9.04. The third-order valence-electron chi connectivity index (χ3n) is 3.28. The molecule has 0 spiro atoms. The van der Waals surface area contributed by atoms with E-state index >= 15 is 0 Å². The number of piperidine rings is 1. The molecule has 1 aromatic heterocycles. The van der Waals surface area contributed by atoms with Crippen LogP contribution in [0.25, 0.3) is 0 Å². The number of aromatic nitrogens is 1. The average Bonchev–Trinajstić information content (AvgIpc) is 2.40. The number of likely N-dealkylation sites (tertiary alicyclic amines) is 1. The van der Waals surface area contributed by atoms with Crippen molar-refractivity contribution >= 4 is 5.91 Å². The summed E-state index contributed by atoms with van der Waals surface area (Å²) in [5.74, 6) is 0.508. The van der Waals surface area contributed by atoms with Crippen LogP contribution in [0.3, 0.4) is 0 Å². The van der Waals surface area contributed by atoms with E-state index in [9.17, 15) is 4.79 Å². The van der Waals surface area contributed by atoms with Gasteiger partial charge in [0.1, 0.15) is 0 Å². The molecular formula is C13H18N2O2. The predicted octanol–water partition coefficient (Wildman–Crippen LogP) is 0.855. The molecule has 1 N–H and O–H groups in total. The smallest absolute Gasteiger partial charge is 0.228 e. The first-order valence-corrected chi connectivity index (χ1v) is 6.08. The van der Waals surface area contributed by atoms with Gasteiger partial charge in [-0.3, -0.25) is 9.78 Å². The van der Waals surface area contributed by atoms with Crippen LogP contribution in [0, 0.1) is 5.92 Å². The van der Waals surface area contributed by atoms with Crippen molar-refractivity contribution in [2.45, 2.75) is 19.3 Å². The Morgan fingerprint density at radius 1 is 1.41 bits per heavy atom. The minimum atomic E-state index is 0.139. The van der Waals surface area contributed by atoms with E-state index < -0.39 is 0 Å². The number of hydrogen-bond donors (Lipinski definition) is 1. The number of hydrogen-bond acceptors (Lipinski definition) is 3. The van der Waals surface area contributed by atoms with E-state index in [0.717, 1.165) is 31.6 Å². The number of carbonyl (C=O) groups excluding carboxylic acids is 1. The Labute approximate surface area is 101 Å². The lowest BCUT2D eigenvalue weighted by atomic mass is 9.97. The van der Waals surface area contributed by atoms with E-state index in [1.807, 2.05) is 23.1 Å². The Hall–Kier alpha value is -1.42. The fourth-order valence-corrected chi connectivity index (χ4v) is 2.13. The van der Waals surface area contributed by atoms with Crippen LogP contribution in [0.1, 0.15) is 18.5 Å². The Morgan fingerprint density at radius 3 is 2.76 bits per heavy atom. The molecule has 1 fully saturated rings. The van der Waals surface area contributed by atoms with Gasteiger partial charge in [0.05, 0.1) is 6.42 Å². The van der Waals surface area contributed by atoms with E-state index in [1.54, 1.807) is 6.20 Å². The zero-order valence-corrected chi connectivity index (χ0v) is 9.88. The van der Waals surface area contributed by atoms with Crippen molar-refractivity contribution in [1.29, 1.82) is 0 Å². The normalized spacial score (nSPS) is 17.1. The Morgan fingerprint density at radius 2 is 2.18 bits per heavy atom. The van der Waals surface area contributed by atoms with E-state index in [0.29, 0.717) is 12.3 Å². The lowest BCUT2D eigenvalue weighted by Gasteiger charge is -2.31. The molecule has 1 aromatic rings. The minimum absolute atomic E-state index is 0.139. The largest absolute Gasteiger partial charge is 0.396 e. The number of nitrogens with zero attached hydrogens (tertiary/aromatic N) is 2. The van der Waals surface area contributed by atoms with Crippen molar-refractivity contribution in [2.75, 3.05) is 19.7 Å². The summed E-state index contributed by atoms with van der Waals surface area (Å²) >= 11 is 0. The summed E-state index contributed by atoms with van der Waals surface area (Å²) < 4.78 is 0. The van der Waals surface area contributed by atoms with Gasteiger partial charge in [-0.25, -0.2) is 0 Å². The van der Waals surface area contributed by atoms with E-state index in [1.165, 1.54) is 0 Å². The summed E-state index contributed by atoms with van der Waals surface area (Å²) in [6.45, 7) is 1.76. The predicted molar refractivity (Wildman–Crippen MR) is 64.3 cm³/mol. The third kappa shape index (κ3) is 3.27. The molecule has 4 heteroatoms. The lowest BCUT2D eigenvalue weighted by Crippen LogP contribution is -2.40. The number of amides is 1. The first-order valence-electron chi connectivity index (χ1n) is 6.08. The molecule has 1 amide bonds. The highest BCUT2D eigenvalue weighted by Crippen LogP contribution is 2.16. The number of pyridine rings is 1. The molecule has 0 unspecified atom stereocenters. The Kier molecular flexibility index (Phi) is 4.09. The van der Waals surface area contributed by atoms with Gasteiger partial charge in [0, 0.05) is 31.6 Å². The summed E-state index contributed by atoms with van der Waals surface area (Å²) in [7, 11) is 0. The molecule has 0 bridgehead atoms. The molecule has 2 rings (SSSR count). The Bertz CT molecular complexity index is 359. The van der Waals surface area contributed by atoms with Crippen LogP contribution < -0.4 is 0 Å². The monoisotopic (exact) mass is 234 g/mol. The molecule has 1 aliphatic rings. The van der Waals surface area contributed by atoms with Crippen LogP contribution in [0.5, 0.6) is 0 Å². The molecule has 1 saturated heterocycles. The fraction of sp³-hybridized carbons (Fsp3) is 0.538. The van der Waals surface area contributed by atoms with Crippen LogP contribution in [0.15, 0.2) is 24.4 Å². The Balaban J connectivity index is 1.85. The second kappa shape index (κ2) is 5.77. The van der Waals surface area contributed by atoms with E-state index in [2.05, 4.69) is 4.98 Å². The summed E-state index contributed by atoms with van der Waals surface area (Å²) in [6, 6.07) is 5.62. The third-order valence-corrected chi connectivity index (χ3v) is 3.28. The average molecular weight is 234 g/mol. The number of aliphatic hydroxyl groups is 1. The molecule has 1 aliphatic heterocycles. The van der Waals surface area contributed by atoms with Gasteiger partial charge in [0.2, 0.25) is 5.91 Å². The number of aliphatic hydroxyl groups excluding tert-OH is 1. The first-order chi connectivity index (χ1) is 8.29. The van der Waals surface area contributed by atoms with E-state index in [4.69, 9.17) is 5.11 Å². The first kappa shape index (κ1) is 12.0. The minimum Gasteiger partial charge on any atom is -0.396 e. The lowest BCUT2D eigenvalue weighted by molar-refractivity contribution is -0.132. The van der Waals surface area contributed by atoms with Crippen molar-refractivity contribution in [2.24, 2.45) is 5.92 Å². The molecule has 0 saturated carbocycles. The standard InChI is InChI=1S/C13H18N2O2/c16-10-11-4-7-15(8-5-11)13(17)9-12-3-1-2-6-14-12/h1-3,6,11,16H,4-5,7-10H2. The maximum absolute atomic E-state index is 12.0. The molecule has 0 aliphatic carbocycles. The van der Waals surface area contributed by atoms with E-state index in [-0.39, 0.29) is 12.5 Å². The van der Waals surface area contributed by atoms with Gasteiger partial charge in [0.15, 0.2) is 0 Å². The molecule has 2 heterocycles. The fourth-order valence-electron chi connectivity index (χ4n) is 2.13. The highest BCUT2D eigenvalue weighted by molar-refractivity contribution is 5.78. The molecular weight excluding hydrogens is 216 g/mol. The maximum Gasteiger partial charge on any atom is 0.228 e. The summed E-state index contributed by atoms with van der Waals surface area (Å²) in [5.41, 5.74) is 0.821. The second-order valence-electron chi connectivity index (χ2n) is 4.50. The zero-order chi connectivity index (χ0) is 12.1. The van der Waals surface area contributed by atoms with Gasteiger partial charge in [-0.05, 0) is 30.9 Å². The van der Waals surface area contributed by atoms with Crippen LogP contribution in [-0.4, -0.2) is 40.6 Å². The molecule has 0 aromatic carbocycles. The van der Waals surface area contributed by atoms with Gasteiger partial charge in [-0.1, -0.05) is 6.07 Å². The van der Waals surface area contributed by atoms with Crippen LogP contribution >= 0.6 is 0 Å². The molecule has 17 heavy (non-hydrogen) atoms. The van der Waals surface area contributed by atoms with Crippen LogP contribution in [-0.2, 0) is 11.2 Å². The van der Waals surface area contributed by atoms with Gasteiger partial charge in [0.25, 0.3) is 0 Å². The quantitative estimate of drug-likeness (QED) is 0.843. The van der Waals surface area contributed by atoms with Gasteiger partial charge in [-0.2, -0.15) is 0 Å². The maximum atomic E-state index is 12.0. The summed E-state index contributed by atoms with van der Waals surface area (Å²) in [6.07, 6.45) is 3.90. The highest BCUT2D eigenvalue weighted by atomic mass is 16.3. The van der Waals surface area contributed by atoms with Crippen molar-refractivity contribution in [3.05, 3.63) is 30.1 Å². The number of rotatable bonds is 3. The molecule has 92 valence electrons. The second-order valence-corrected chi connectivity index (χ2v) is 4.50. The topological polar surface area (TPSA) is 53.4 Å². The van der Waals surface area contributed by atoms with Crippen molar-refractivity contribution in [3.63, 3.8) is 0 Å². The van der Waals surface area contributed by atoms with Gasteiger partial charge >= 0.3 is 0 Å².